The van der Waals surface area contributed by atoms with Gasteiger partial charge < -0.3 is 24.8 Å². The first-order valence-corrected chi connectivity index (χ1v) is 10.5. The van der Waals surface area contributed by atoms with Crippen molar-refractivity contribution in [2.45, 2.75) is 6.92 Å². The number of nitrogens with one attached hydrogen (secondary N) is 2. The number of carbonyl (C=O) groups is 2. The van der Waals surface area contributed by atoms with Crippen molar-refractivity contribution in [3.05, 3.63) is 76.3 Å². The molecule has 0 heterocycles. The molecule has 0 saturated carbocycles. The van der Waals surface area contributed by atoms with Gasteiger partial charge in [0.15, 0.2) is 18.1 Å². The summed E-state index contributed by atoms with van der Waals surface area (Å²) in [5, 5.41) is 5.62. The van der Waals surface area contributed by atoms with Crippen LogP contribution in [0.4, 0.5) is 11.4 Å². The highest BCUT2D eigenvalue weighted by Gasteiger charge is 2.14. The van der Waals surface area contributed by atoms with Gasteiger partial charge in [0.05, 0.1) is 19.9 Å². The number of hydrogen-bond donors (Lipinski definition) is 2. The fourth-order valence-electron chi connectivity index (χ4n) is 2.93. The van der Waals surface area contributed by atoms with Gasteiger partial charge in [-0.05, 0) is 55.0 Å². The molecule has 2 amide bonds. The number of benzene rings is 3. The number of hydrogen-bond acceptors (Lipinski definition) is 5. The highest BCUT2D eigenvalue weighted by Crippen LogP contribution is 2.29. The van der Waals surface area contributed by atoms with Crippen molar-refractivity contribution >= 4 is 39.1 Å². The van der Waals surface area contributed by atoms with Gasteiger partial charge in [-0.15, -0.1) is 0 Å². The number of carbonyl (C=O) groups excluding carboxylic acids is 2. The smallest absolute Gasteiger partial charge is 0.262 e. The maximum atomic E-state index is 12.7. The number of amides is 2. The number of rotatable bonds is 8. The van der Waals surface area contributed by atoms with Crippen LogP contribution in [0.3, 0.4) is 0 Å². The second-order valence-corrected chi connectivity index (χ2v) is 7.73. The van der Waals surface area contributed by atoms with Gasteiger partial charge in [0.2, 0.25) is 0 Å². The maximum absolute atomic E-state index is 12.7. The van der Waals surface area contributed by atoms with Crippen molar-refractivity contribution in [3.8, 4) is 17.2 Å². The van der Waals surface area contributed by atoms with Crippen LogP contribution in [0.5, 0.6) is 17.2 Å². The van der Waals surface area contributed by atoms with Gasteiger partial charge in [-0.25, -0.2) is 0 Å². The topological polar surface area (TPSA) is 85.9 Å². The van der Waals surface area contributed by atoms with Crippen LogP contribution in [0.2, 0.25) is 0 Å². The Hall–Kier alpha value is -3.52. The van der Waals surface area contributed by atoms with E-state index in [4.69, 9.17) is 14.2 Å². The second kappa shape index (κ2) is 10.7. The predicted octanol–water partition coefficient (Wildman–Crippen LogP) is 5.04. The fourth-order valence-corrected chi connectivity index (χ4v) is 3.29. The number of aryl methyl sites for hydroxylation is 1. The third kappa shape index (κ3) is 5.79. The normalized spacial score (nSPS) is 10.2. The van der Waals surface area contributed by atoms with E-state index in [0.29, 0.717) is 34.2 Å². The number of anilines is 2. The molecule has 0 radical (unpaired) electrons. The maximum Gasteiger partial charge on any atom is 0.262 e. The molecule has 8 heteroatoms. The van der Waals surface area contributed by atoms with Crippen LogP contribution in [0.15, 0.2) is 65.1 Å². The molecule has 7 nitrogen and oxygen atoms in total. The number of ether oxygens (including phenoxy) is 3. The quantitative estimate of drug-likeness (QED) is 0.454. The van der Waals surface area contributed by atoms with Crippen LogP contribution in [0.25, 0.3) is 0 Å². The Kier molecular flexibility index (Phi) is 7.72. The summed E-state index contributed by atoms with van der Waals surface area (Å²) in [6.07, 6.45) is 0. The van der Waals surface area contributed by atoms with E-state index in [2.05, 4.69) is 26.6 Å². The average Bonchev–Trinajstić information content (AvgIpc) is 2.80. The largest absolute Gasteiger partial charge is 0.495 e. The third-order valence-electron chi connectivity index (χ3n) is 4.61. The molecule has 166 valence electrons. The van der Waals surface area contributed by atoms with E-state index in [1.807, 2.05) is 31.2 Å². The highest BCUT2D eigenvalue weighted by atomic mass is 79.9. The molecule has 2 N–H and O–H groups in total. The van der Waals surface area contributed by atoms with E-state index in [1.54, 1.807) is 36.4 Å². The Morgan fingerprint density at radius 3 is 2.34 bits per heavy atom. The molecular formula is C24H23BrN2O5. The summed E-state index contributed by atoms with van der Waals surface area (Å²) in [6, 6.07) is 17.5. The lowest BCUT2D eigenvalue weighted by Crippen LogP contribution is -2.20. The number of para-hydroxylation sites is 2. The van der Waals surface area contributed by atoms with E-state index < -0.39 is 0 Å². The highest BCUT2D eigenvalue weighted by molar-refractivity contribution is 9.10. The van der Waals surface area contributed by atoms with Gasteiger partial charge in [0.1, 0.15) is 5.75 Å². The molecule has 0 saturated heterocycles. The minimum Gasteiger partial charge on any atom is -0.495 e. The predicted molar refractivity (Wildman–Crippen MR) is 127 cm³/mol. The van der Waals surface area contributed by atoms with Crippen LogP contribution < -0.4 is 24.8 Å². The summed E-state index contributed by atoms with van der Waals surface area (Å²) >= 11 is 3.41. The first-order chi connectivity index (χ1) is 15.4. The van der Waals surface area contributed by atoms with Gasteiger partial charge in [-0.1, -0.05) is 34.1 Å². The fraction of sp³-hybridized carbons (Fsp3) is 0.167. The van der Waals surface area contributed by atoms with Gasteiger partial charge in [0, 0.05) is 15.7 Å². The molecule has 0 bridgehead atoms. The van der Waals surface area contributed by atoms with E-state index in [1.165, 1.54) is 14.2 Å². The lowest BCUT2D eigenvalue weighted by Gasteiger charge is -2.14. The Balaban J connectivity index is 1.66. The minimum absolute atomic E-state index is 0.239. The number of halogens is 1. The molecule has 3 rings (SSSR count). The van der Waals surface area contributed by atoms with Gasteiger partial charge in [-0.2, -0.15) is 0 Å². The van der Waals surface area contributed by atoms with E-state index in [9.17, 15) is 9.59 Å². The first kappa shape index (κ1) is 23.1. The van der Waals surface area contributed by atoms with E-state index in [-0.39, 0.29) is 18.4 Å². The molecule has 32 heavy (non-hydrogen) atoms. The SMILES string of the molecule is COc1ccccc1NC(=O)COc1ccc(C(=O)Nc2cc(Br)ccc2C)cc1OC. The Morgan fingerprint density at radius 1 is 0.844 bits per heavy atom. The Bertz CT molecular complexity index is 1130. The first-order valence-electron chi connectivity index (χ1n) is 9.72. The molecule has 0 fully saturated rings. The minimum atomic E-state index is -0.358. The zero-order valence-electron chi connectivity index (χ0n) is 17.9. The lowest BCUT2D eigenvalue weighted by molar-refractivity contribution is -0.118. The second-order valence-electron chi connectivity index (χ2n) is 6.82. The van der Waals surface area contributed by atoms with Crippen molar-refractivity contribution < 1.29 is 23.8 Å². The molecule has 0 aromatic heterocycles. The van der Waals surface area contributed by atoms with Crippen molar-refractivity contribution in [1.82, 2.24) is 0 Å². The van der Waals surface area contributed by atoms with Crippen molar-refractivity contribution in [1.29, 1.82) is 0 Å². The zero-order valence-corrected chi connectivity index (χ0v) is 19.5. The summed E-state index contributed by atoms with van der Waals surface area (Å²) in [6.45, 7) is 1.67. The lowest BCUT2D eigenvalue weighted by atomic mass is 10.1. The molecule has 0 spiro atoms. The molecular weight excluding hydrogens is 476 g/mol. The van der Waals surface area contributed by atoms with Crippen LogP contribution in [-0.4, -0.2) is 32.6 Å². The molecule has 3 aromatic rings. The van der Waals surface area contributed by atoms with E-state index >= 15 is 0 Å². The molecule has 0 atom stereocenters. The molecule has 0 aliphatic carbocycles. The van der Waals surface area contributed by atoms with Crippen LogP contribution in [-0.2, 0) is 4.79 Å². The van der Waals surface area contributed by atoms with Gasteiger partial charge in [-0.3, -0.25) is 9.59 Å². The summed E-state index contributed by atoms with van der Waals surface area (Å²) < 4.78 is 17.0. The molecule has 3 aromatic carbocycles. The molecule has 0 aliphatic rings. The monoisotopic (exact) mass is 498 g/mol. The Labute approximate surface area is 194 Å². The summed E-state index contributed by atoms with van der Waals surface area (Å²) in [5.41, 5.74) is 2.59. The van der Waals surface area contributed by atoms with Crippen molar-refractivity contribution in [3.63, 3.8) is 0 Å². The third-order valence-corrected chi connectivity index (χ3v) is 5.11. The van der Waals surface area contributed by atoms with E-state index in [0.717, 1.165) is 10.0 Å². The standard InChI is InChI=1S/C24H23BrN2O5/c1-15-8-10-17(25)13-19(15)27-24(29)16-9-11-21(22(12-16)31-3)32-14-23(28)26-18-6-4-5-7-20(18)30-2/h4-13H,14H2,1-3H3,(H,26,28)(H,27,29). The van der Waals surface area contributed by atoms with Crippen LogP contribution in [0.1, 0.15) is 15.9 Å². The summed E-state index contributed by atoms with van der Waals surface area (Å²) in [4.78, 5) is 25.0. The Morgan fingerprint density at radius 2 is 1.59 bits per heavy atom. The molecule has 0 unspecified atom stereocenters. The summed E-state index contributed by atoms with van der Waals surface area (Å²) in [7, 11) is 3.00. The molecule has 0 aliphatic heterocycles. The van der Waals surface area contributed by atoms with Gasteiger partial charge >= 0.3 is 0 Å². The van der Waals surface area contributed by atoms with Crippen LogP contribution in [0, 0.1) is 6.92 Å². The van der Waals surface area contributed by atoms with Crippen molar-refractivity contribution in [2.75, 3.05) is 31.5 Å². The van der Waals surface area contributed by atoms with Crippen LogP contribution >= 0.6 is 15.9 Å². The average molecular weight is 499 g/mol. The van der Waals surface area contributed by atoms with Gasteiger partial charge in [0.25, 0.3) is 11.8 Å². The number of methoxy groups -OCH3 is 2. The van der Waals surface area contributed by atoms with Crippen molar-refractivity contribution in [2.24, 2.45) is 0 Å². The zero-order chi connectivity index (χ0) is 23.1. The summed E-state index contributed by atoms with van der Waals surface area (Å²) in [5.74, 6) is 0.592.